The molecule has 0 radical (unpaired) electrons. The SMILES string of the molecule is CCOc1ccccc1C(=O)OCc1cc(Cl)cc2c1OCOC2. The lowest BCUT2D eigenvalue weighted by Crippen LogP contribution is -2.14. The molecule has 24 heavy (non-hydrogen) atoms. The van der Waals surface area contributed by atoms with E-state index in [-0.39, 0.29) is 13.4 Å². The summed E-state index contributed by atoms with van der Waals surface area (Å²) in [6.45, 7) is 2.98. The van der Waals surface area contributed by atoms with Gasteiger partial charge < -0.3 is 18.9 Å². The largest absolute Gasteiger partial charge is 0.493 e. The highest BCUT2D eigenvalue weighted by Crippen LogP contribution is 2.32. The zero-order chi connectivity index (χ0) is 16.9. The molecule has 0 fully saturated rings. The minimum absolute atomic E-state index is 0.0577. The molecule has 1 aliphatic heterocycles. The van der Waals surface area contributed by atoms with Crippen LogP contribution in [0.15, 0.2) is 36.4 Å². The topological polar surface area (TPSA) is 54.0 Å². The maximum atomic E-state index is 12.4. The molecule has 0 aliphatic carbocycles. The van der Waals surface area contributed by atoms with E-state index in [9.17, 15) is 4.79 Å². The molecular formula is C18H17ClO5. The normalized spacial score (nSPS) is 12.9. The molecule has 5 nitrogen and oxygen atoms in total. The number of benzene rings is 2. The van der Waals surface area contributed by atoms with Crippen molar-refractivity contribution in [1.82, 2.24) is 0 Å². The van der Waals surface area contributed by atoms with Crippen molar-refractivity contribution < 1.29 is 23.7 Å². The van der Waals surface area contributed by atoms with Crippen LogP contribution in [0.3, 0.4) is 0 Å². The van der Waals surface area contributed by atoms with Gasteiger partial charge in [0.05, 0.1) is 13.2 Å². The van der Waals surface area contributed by atoms with Crippen molar-refractivity contribution in [1.29, 1.82) is 0 Å². The molecule has 2 aromatic carbocycles. The van der Waals surface area contributed by atoms with Crippen LogP contribution in [0.1, 0.15) is 28.4 Å². The van der Waals surface area contributed by atoms with Crippen LogP contribution < -0.4 is 9.47 Å². The third-order valence-corrected chi connectivity index (χ3v) is 3.74. The summed E-state index contributed by atoms with van der Waals surface area (Å²) in [5.74, 6) is 0.708. The summed E-state index contributed by atoms with van der Waals surface area (Å²) in [6.07, 6.45) is 0. The molecule has 2 aromatic rings. The molecule has 0 amide bonds. The third-order valence-electron chi connectivity index (χ3n) is 3.52. The molecule has 0 saturated carbocycles. The highest BCUT2D eigenvalue weighted by molar-refractivity contribution is 6.30. The molecule has 0 unspecified atom stereocenters. The van der Waals surface area contributed by atoms with Crippen molar-refractivity contribution >= 4 is 17.6 Å². The van der Waals surface area contributed by atoms with Gasteiger partial charge in [-0.05, 0) is 31.2 Å². The van der Waals surface area contributed by atoms with Crippen molar-refractivity contribution in [2.45, 2.75) is 20.1 Å². The first-order valence-electron chi connectivity index (χ1n) is 7.60. The van der Waals surface area contributed by atoms with Gasteiger partial charge in [0.15, 0.2) is 6.79 Å². The number of hydrogen-bond donors (Lipinski definition) is 0. The van der Waals surface area contributed by atoms with Gasteiger partial charge in [0, 0.05) is 16.1 Å². The third kappa shape index (κ3) is 3.63. The Balaban J connectivity index is 1.77. The smallest absolute Gasteiger partial charge is 0.342 e. The monoisotopic (exact) mass is 348 g/mol. The number of ether oxygens (including phenoxy) is 4. The van der Waals surface area contributed by atoms with Crippen LogP contribution >= 0.6 is 11.6 Å². The molecule has 6 heteroatoms. The molecule has 0 aromatic heterocycles. The summed E-state index contributed by atoms with van der Waals surface area (Å²) in [7, 11) is 0. The van der Waals surface area contributed by atoms with Crippen LogP contribution in [0.5, 0.6) is 11.5 Å². The average Bonchev–Trinajstić information content (AvgIpc) is 2.60. The Bertz CT molecular complexity index is 744. The van der Waals surface area contributed by atoms with E-state index >= 15 is 0 Å². The van der Waals surface area contributed by atoms with E-state index in [1.165, 1.54) is 0 Å². The van der Waals surface area contributed by atoms with Gasteiger partial charge in [-0.1, -0.05) is 23.7 Å². The minimum atomic E-state index is -0.458. The lowest BCUT2D eigenvalue weighted by atomic mass is 10.1. The first kappa shape index (κ1) is 16.6. The summed E-state index contributed by atoms with van der Waals surface area (Å²) < 4.78 is 21.6. The highest BCUT2D eigenvalue weighted by atomic mass is 35.5. The fraction of sp³-hybridized carbons (Fsp3) is 0.278. The molecule has 0 N–H and O–H groups in total. The first-order chi connectivity index (χ1) is 11.7. The van der Waals surface area contributed by atoms with Gasteiger partial charge in [0.2, 0.25) is 0 Å². The van der Waals surface area contributed by atoms with Gasteiger partial charge in [0.1, 0.15) is 23.7 Å². The summed E-state index contributed by atoms with van der Waals surface area (Å²) in [5.41, 5.74) is 1.94. The van der Waals surface area contributed by atoms with Crippen LogP contribution in [0.4, 0.5) is 0 Å². The van der Waals surface area contributed by atoms with E-state index in [0.717, 1.165) is 5.56 Å². The molecule has 0 saturated heterocycles. The Morgan fingerprint density at radius 1 is 1.29 bits per heavy atom. The number of para-hydroxylation sites is 1. The lowest BCUT2D eigenvalue weighted by molar-refractivity contribution is -0.0180. The number of fused-ring (bicyclic) bond motifs is 1. The fourth-order valence-electron chi connectivity index (χ4n) is 2.50. The molecule has 3 rings (SSSR count). The second-order valence-corrected chi connectivity index (χ2v) is 5.61. The standard InChI is InChI=1S/C18H17ClO5/c1-2-22-16-6-4-3-5-15(16)18(20)23-10-13-8-14(19)7-12-9-21-11-24-17(12)13/h3-8H,2,9-11H2,1H3. The predicted molar refractivity (Wildman–Crippen MR) is 88.5 cm³/mol. The Morgan fingerprint density at radius 3 is 2.96 bits per heavy atom. The summed E-state index contributed by atoms with van der Waals surface area (Å²) >= 11 is 6.11. The number of rotatable bonds is 5. The van der Waals surface area contributed by atoms with Gasteiger partial charge in [-0.25, -0.2) is 4.79 Å². The molecule has 1 heterocycles. The van der Waals surface area contributed by atoms with Crippen LogP contribution in [-0.2, 0) is 22.7 Å². The van der Waals surface area contributed by atoms with E-state index in [2.05, 4.69) is 0 Å². The summed E-state index contributed by atoms with van der Waals surface area (Å²) in [5, 5.41) is 0.545. The van der Waals surface area contributed by atoms with Gasteiger partial charge in [0.25, 0.3) is 0 Å². The summed E-state index contributed by atoms with van der Waals surface area (Å²) in [4.78, 5) is 12.4. The van der Waals surface area contributed by atoms with Crippen molar-refractivity contribution in [3.63, 3.8) is 0 Å². The Morgan fingerprint density at radius 2 is 2.12 bits per heavy atom. The molecule has 0 atom stereocenters. The first-order valence-corrected chi connectivity index (χ1v) is 7.97. The van der Waals surface area contributed by atoms with Gasteiger partial charge in [-0.15, -0.1) is 0 Å². The van der Waals surface area contributed by atoms with E-state index in [1.807, 2.05) is 13.0 Å². The van der Waals surface area contributed by atoms with E-state index in [4.69, 9.17) is 30.5 Å². The van der Waals surface area contributed by atoms with Crippen molar-refractivity contribution in [2.24, 2.45) is 0 Å². The maximum Gasteiger partial charge on any atom is 0.342 e. The van der Waals surface area contributed by atoms with Crippen molar-refractivity contribution in [3.8, 4) is 11.5 Å². The molecular weight excluding hydrogens is 332 g/mol. The van der Waals surface area contributed by atoms with Gasteiger partial charge in [-0.2, -0.15) is 0 Å². The quantitative estimate of drug-likeness (QED) is 0.765. The van der Waals surface area contributed by atoms with Gasteiger partial charge >= 0.3 is 5.97 Å². The van der Waals surface area contributed by atoms with E-state index in [0.29, 0.717) is 40.9 Å². The highest BCUT2D eigenvalue weighted by Gasteiger charge is 2.19. The number of halogens is 1. The lowest BCUT2D eigenvalue weighted by Gasteiger charge is -2.21. The van der Waals surface area contributed by atoms with E-state index in [1.54, 1.807) is 30.3 Å². The van der Waals surface area contributed by atoms with Crippen LogP contribution in [-0.4, -0.2) is 19.4 Å². The predicted octanol–water partition coefficient (Wildman–Crippen LogP) is 3.96. The molecule has 1 aliphatic rings. The van der Waals surface area contributed by atoms with Crippen molar-refractivity contribution in [3.05, 3.63) is 58.1 Å². The number of esters is 1. The average molecular weight is 349 g/mol. The second-order valence-electron chi connectivity index (χ2n) is 5.17. The Hall–Kier alpha value is -2.24. The second kappa shape index (κ2) is 7.55. The zero-order valence-electron chi connectivity index (χ0n) is 13.2. The minimum Gasteiger partial charge on any atom is -0.493 e. The zero-order valence-corrected chi connectivity index (χ0v) is 14.0. The Labute approximate surface area is 145 Å². The molecule has 126 valence electrons. The van der Waals surface area contributed by atoms with Gasteiger partial charge in [-0.3, -0.25) is 0 Å². The van der Waals surface area contributed by atoms with Crippen LogP contribution in [0.25, 0.3) is 0 Å². The summed E-state index contributed by atoms with van der Waals surface area (Å²) in [6, 6.07) is 10.5. The fourth-order valence-corrected chi connectivity index (χ4v) is 2.77. The molecule has 0 spiro atoms. The number of carbonyl (C=O) groups is 1. The molecule has 0 bridgehead atoms. The number of carbonyl (C=O) groups excluding carboxylic acids is 1. The van der Waals surface area contributed by atoms with Crippen molar-refractivity contribution in [2.75, 3.05) is 13.4 Å². The van der Waals surface area contributed by atoms with Crippen LogP contribution in [0, 0.1) is 0 Å². The number of hydrogen-bond acceptors (Lipinski definition) is 5. The van der Waals surface area contributed by atoms with Crippen LogP contribution in [0.2, 0.25) is 5.02 Å². The van der Waals surface area contributed by atoms with E-state index < -0.39 is 5.97 Å². The Kier molecular flexibility index (Phi) is 5.23. The maximum absolute atomic E-state index is 12.4.